The van der Waals surface area contributed by atoms with Gasteiger partial charge in [0.25, 0.3) is 0 Å². The summed E-state index contributed by atoms with van der Waals surface area (Å²) >= 11 is 9.43. The molecule has 0 aliphatic carbocycles. The van der Waals surface area contributed by atoms with Gasteiger partial charge in [-0.15, -0.1) is 0 Å². The van der Waals surface area contributed by atoms with E-state index in [0.717, 1.165) is 10.0 Å². The molecule has 0 spiro atoms. The first-order valence-electron chi connectivity index (χ1n) is 6.80. The van der Waals surface area contributed by atoms with Crippen LogP contribution in [0.1, 0.15) is 28.3 Å². The first-order valence-corrected chi connectivity index (χ1v) is 7.98. The third-order valence-electron chi connectivity index (χ3n) is 3.67. The monoisotopic (exact) mass is 369 g/mol. The predicted molar refractivity (Wildman–Crippen MR) is 90.5 cm³/mol. The van der Waals surface area contributed by atoms with Crippen LogP contribution in [0.4, 0.5) is 4.39 Å². The summed E-state index contributed by atoms with van der Waals surface area (Å²) in [5.41, 5.74) is 4.13. The van der Waals surface area contributed by atoms with Gasteiger partial charge in [0.2, 0.25) is 0 Å². The zero-order chi connectivity index (χ0) is 15.6. The molecule has 1 atom stereocenters. The van der Waals surface area contributed by atoms with Crippen LogP contribution >= 0.6 is 27.5 Å². The molecule has 0 fully saturated rings. The van der Waals surface area contributed by atoms with Crippen molar-refractivity contribution >= 4 is 27.5 Å². The highest BCUT2D eigenvalue weighted by Crippen LogP contribution is 2.28. The van der Waals surface area contributed by atoms with Crippen LogP contribution in [0, 0.1) is 19.7 Å². The van der Waals surface area contributed by atoms with E-state index in [0.29, 0.717) is 12.0 Å². The van der Waals surface area contributed by atoms with Crippen molar-refractivity contribution in [3.05, 3.63) is 67.9 Å². The van der Waals surface area contributed by atoms with Crippen LogP contribution in [0.2, 0.25) is 5.02 Å². The Hall–Kier alpha value is -0.900. The molecule has 0 saturated heterocycles. The van der Waals surface area contributed by atoms with Gasteiger partial charge in [-0.25, -0.2) is 4.39 Å². The van der Waals surface area contributed by atoms with Crippen molar-refractivity contribution in [3.8, 4) is 0 Å². The summed E-state index contributed by atoms with van der Waals surface area (Å²) in [7, 11) is 1.89. The van der Waals surface area contributed by atoms with E-state index >= 15 is 0 Å². The Morgan fingerprint density at radius 2 is 1.86 bits per heavy atom. The van der Waals surface area contributed by atoms with Crippen molar-refractivity contribution in [3.63, 3.8) is 0 Å². The molecular formula is C17H18BrClFN. The van der Waals surface area contributed by atoms with Crippen molar-refractivity contribution < 1.29 is 4.39 Å². The van der Waals surface area contributed by atoms with Gasteiger partial charge in [-0.2, -0.15) is 0 Å². The zero-order valence-electron chi connectivity index (χ0n) is 12.3. The predicted octanol–water partition coefficient (Wildman–Crippen LogP) is 5.36. The van der Waals surface area contributed by atoms with E-state index < -0.39 is 0 Å². The molecule has 0 heterocycles. The normalized spacial score (nSPS) is 12.5. The van der Waals surface area contributed by atoms with Gasteiger partial charge in [-0.3, -0.25) is 0 Å². The standard InChI is InChI=1S/C17H18BrClFN/c1-10-7-13(8-11(2)16(10)18)15(21-3)9-12-5-4-6-14(19)17(12)20/h4-8,15,21H,9H2,1-3H3. The Kier molecular flexibility index (Phi) is 5.42. The van der Waals surface area contributed by atoms with Crippen molar-refractivity contribution in [2.75, 3.05) is 7.05 Å². The maximum Gasteiger partial charge on any atom is 0.145 e. The molecule has 0 aliphatic heterocycles. The average Bonchev–Trinajstić information content (AvgIpc) is 2.46. The number of rotatable bonds is 4. The summed E-state index contributed by atoms with van der Waals surface area (Å²) in [6.07, 6.45) is 0.559. The summed E-state index contributed by atoms with van der Waals surface area (Å²) in [5.74, 6) is -0.329. The second-order valence-electron chi connectivity index (χ2n) is 5.23. The molecule has 1 unspecified atom stereocenters. The second kappa shape index (κ2) is 6.91. The number of aryl methyl sites for hydroxylation is 2. The SMILES string of the molecule is CNC(Cc1cccc(Cl)c1F)c1cc(C)c(Br)c(C)c1. The molecule has 1 N–H and O–H groups in total. The van der Waals surface area contributed by atoms with Crippen molar-refractivity contribution in [1.82, 2.24) is 5.32 Å². The van der Waals surface area contributed by atoms with E-state index in [1.165, 1.54) is 11.1 Å². The minimum absolute atomic E-state index is 0.0449. The van der Waals surface area contributed by atoms with Crippen molar-refractivity contribution in [2.45, 2.75) is 26.3 Å². The van der Waals surface area contributed by atoms with Crippen LogP contribution < -0.4 is 5.32 Å². The Balaban J connectivity index is 2.34. The van der Waals surface area contributed by atoms with E-state index in [1.54, 1.807) is 18.2 Å². The number of nitrogens with one attached hydrogen (secondary N) is 1. The lowest BCUT2D eigenvalue weighted by atomic mass is 9.96. The number of benzene rings is 2. The van der Waals surface area contributed by atoms with Crippen LogP contribution in [-0.4, -0.2) is 7.05 Å². The van der Waals surface area contributed by atoms with Crippen LogP contribution in [0.25, 0.3) is 0 Å². The fourth-order valence-electron chi connectivity index (χ4n) is 2.49. The molecule has 0 radical (unpaired) electrons. The number of halogens is 3. The van der Waals surface area contributed by atoms with Gasteiger partial charge in [0.05, 0.1) is 5.02 Å². The van der Waals surface area contributed by atoms with Gasteiger partial charge in [0, 0.05) is 10.5 Å². The van der Waals surface area contributed by atoms with Gasteiger partial charge in [0.15, 0.2) is 0 Å². The summed E-state index contributed by atoms with van der Waals surface area (Å²) in [6, 6.07) is 9.43. The highest BCUT2D eigenvalue weighted by atomic mass is 79.9. The number of hydrogen-bond donors (Lipinski definition) is 1. The molecule has 2 rings (SSSR count). The summed E-state index contributed by atoms with van der Waals surface area (Å²) in [4.78, 5) is 0. The summed E-state index contributed by atoms with van der Waals surface area (Å²) < 4.78 is 15.2. The molecule has 0 saturated carbocycles. The largest absolute Gasteiger partial charge is 0.313 e. The van der Waals surface area contributed by atoms with Crippen molar-refractivity contribution in [1.29, 1.82) is 0 Å². The van der Waals surface area contributed by atoms with Gasteiger partial charge in [-0.1, -0.05) is 51.8 Å². The summed E-state index contributed by atoms with van der Waals surface area (Å²) in [5, 5.41) is 3.43. The minimum atomic E-state index is -0.329. The highest BCUT2D eigenvalue weighted by molar-refractivity contribution is 9.10. The molecule has 112 valence electrons. The number of likely N-dealkylation sites (N-methyl/N-ethyl adjacent to an activating group) is 1. The third-order valence-corrected chi connectivity index (χ3v) is 5.21. The topological polar surface area (TPSA) is 12.0 Å². The molecule has 2 aromatic carbocycles. The zero-order valence-corrected chi connectivity index (χ0v) is 14.6. The van der Waals surface area contributed by atoms with Gasteiger partial charge < -0.3 is 5.32 Å². The smallest absolute Gasteiger partial charge is 0.145 e. The van der Waals surface area contributed by atoms with Crippen molar-refractivity contribution in [2.24, 2.45) is 0 Å². The molecule has 2 aromatic rings. The Morgan fingerprint density at radius 1 is 1.24 bits per heavy atom. The molecule has 4 heteroatoms. The van der Waals surface area contributed by atoms with E-state index in [9.17, 15) is 4.39 Å². The fraction of sp³-hybridized carbons (Fsp3) is 0.294. The Labute approximate surface area is 138 Å². The lowest BCUT2D eigenvalue weighted by molar-refractivity contribution is 0.554. The number of hydrogen-bond acceptors (Lipinski definition) is 1. The first kappa shape index (κ1) is 16.5. The Bertz CT molecular complexity index is 634. The average molecular weight is 371 g/mol. The van der Waals surface area contributed by atoms with Gasteiger partial charge in [-0.05, 0) is 55.6 Å². The molecule has 0 aliphatic rings. The van der Waals surface area contributed by atoms with Crippen LogP contribution in [-0.2, 0) is 6.42 Å². The maximum absolute atomic E-state index is 14.1. The molecule has 0 aromatic heterocycles. The maximum atomic E-state index is 14.1. The van der Waals surface area contributed by atoms with Crippen LogP contribution in [0.15, 0.2) is 34.8 Å². The molecule has 0 amide bonds. The molecular weight excluding hydrogens is 353 g/mol. The second-order valence-corrected chi connectivity index (χ2v) is 6.43. The molecule has 1 nitrogen and oxygen atoms in total. The quantitative estimate of drug-likeness (QED) is 0.764. The van der Waals surface area contributed by atoms with E-state index in [1.807, 2.05) is 7.05 Å². The molecule has 0 bridgehead atoms. The van der Waals surface area contributed by atoms with E-state index in [-0.39, 0.29) is 16.9 Å². The summed E-state index contributed by atoms with van der Waals surface area (Å²) in [6.45, 7) is 4.13. The van der Waals surface area contributed by atoms with Gasteiger partial charge >= 0.3 is 0 Å². The van der Waals surface area contributed by atoms with Crippen LogP contribution in [0.3, 0.4) is 0 Å². The lowest BCUT2D eigenvalue weighted by Crippen LogP contribution is -2.19. The van der Waals surface area contributed by atoms with E-state index in [2.05, 4.69) is 47.2 Å². The fourth-order valence-corrected chi connectivity index (χ4v) is 2.92. The third kappa shape index (κ3) is 3.65. The van der Waals surface area contributed by atoms with Crippen LogP contribution in [0.5, 0.6) is 0 Å². The highest BCUT2D eigenvalue weighted by Gasteiger charge is 2.16. The Morgan fingerprint density at radius 3 is 2.43 bits per heavy atom. The minimum Gasteiger partial charge on any atom is -0.313 e. The molecule has 21 heavy (non-hydrogen) atoms. The van der Waals surface area contributed by atoms with E-state index in [4.69, 9.17) is 11.6 Å². The first-order chi connectivity index (χ1) is 9.93. The van der Waals surface area contributed by atoms with Gasteiger partial charge in [0.1, 0.15) is 5.82 Å². The lowest BCUT2D eigenvalue weighted by Gasteiger charge is -2.19.